The Bertz CT molecular complexity index is 807. The molecule has 3 rings (SSSR count). The van der Waals surface area contributed by atoms with Gasteiger partial charge in [-0.15, -0.1) is 0 Å². The molecule has 2 aromatic carbocycles. The van der Waals surface area contributed by atoms with Gasteiger partial charge in [0.15, 0.2) is 0 Å². The zero-order chi connectivity index (χ0) is 14.8. The van der Waals surface area contributed by atoms with E-state index < -0.39 is 0 Å². The highest BCUT2D eigenvalue weighted by molar-refractivity contribution is 6.31. The highest BCUT2D eigenvalue weighted by Gasteiger charge is 2.10. The number of carbonyl (C=O) groups is 1. The Labute approximate surface area is 127 Å². The van der Waals surface area contributed by atoms with Gasteiger partial charge in [-0.1, -0.05) is 48.0 Å². The molecule has 0 spiro atoms. The van der Waals surface area contributed by atoms with Gasteiger partial charge >= 0.3 is 0 Å². The summed E-state index contributed by atoms with van der Waals surface area (Å²) < 4.78 is 0. The third-order valence-electron chi connectivity index (χ3n) is 3.51. The van der Waals surface area contributed by atoms with Crippen molar-refractivity contribution in [3.8, 4) is 0 Å². The zero-order valence-corrected chi connectivity index (χ0v) is 12.4. The van der Waals surface area contributed by atoms with Crippen LogP contribution in [-0.2, 0) is 6.54 Å². The Balaban J connectivity index is 1.78. The summed E-state index contributed by atoms with van der Waals surface area (Å²) >= 11 is 6.08. The Morgan fingerprint density at radius 3 is 2.76 bits per heavy atom. The lowest BCUT2D eigenvalue weighted by Gasteiger charge is -2.05. The standard InChI is InChI=1S/C17H15ClN2O/c1-11-5-4-7-12-9-15(20-16(11)12)17(21)19-10-13-6-2-3-8-14(13)18/h2-9,20H,10H2,1H3,(H,19,21). The number of hydrogen-bond donors (Lipinski definition) is 2. The van der Waals surface area contributed by atoms with Crippen molar-refractivity contribution in [1.82, 2.24) is 10.3 Å². The third kappa shape index (κ3) is 2.78. The van der Waals surface area contributed by atoms with Crippen molar-refractivity contribution in [2.45, 2.75) is 13.5 Å². The predicted molar refractivity (Wildman–Crippen MR) is 85.7 cm³/mol. The number of hydrogen-bond acceptors (Lipinski definition) is 1. The van der Waals surface area contributed by atoms with Crippen LogP contribution in [0.3, 0.4) is 0 Å². The molecule has 1 heterocycles. The maximum absolute atomic E-state index is 12.2. The van der Waals surface area contributed by atoms with Crippen molar-refractivity contribution < 1.29 is 4.79 Å². The molecule has 0 aliphatic carbocycles. The Morgan fingerprint density at radius 1 is 1.19 bits per heavy atom. The van der Waals surface area contributed by atoms with E-state index in [2.05, 4.69) is 10.3 Å². The van der Waals surface area contributed by atoms with Crippen LogP contribution >= 0.6 is 11.6 Å². The zero-order valence-electron chi connectivity index (χ0n) is 11.6. The molecule has 1 amide bonds. The summed E-state index contributed by atoms with van der Waals surface area (Å²) in [6, 6.07) is 15.3. The second-order valence-corrected chi connectivity index (χ2v) is 5.40. The fraction of sp³-hybridized carbons (Fsp3) is 0.118. The number of fused-ring (bicyclic) bond motifs is 1. The first-order chi connectivity index (χ1) is 10.1. The SMILES string of the molecule is Cc1cccc2cc(C(=O)NCc3ccccc3Cl)[nH]c12. The smallest absolute Gasteiger partial charge is 0.267 e. The normalized spacial score (nSPS) is 10.8. The van der Waals surface area contributed by atoms with E-state index in [9.17, 15) is 4.79 Å². The highest BCUT2D eigenvalue weighted by Crippen LogP contribution is 2.19. The molecule has 106 valence electrons. The number of aromatic nitrogens is 1. The molecule has 3 nitrogen and oxygen atoms in total. The first kappa shape index (κ1) is 13.7. The maximum Gasteiger partial charge on any atom is 0.267 e. The van der Waals surface area contributed by atoms with Crippen molar-refractivity contribution >= 4 is 28.4 Å². The predicted octanol–water partition coefficient (Wildman–Crippen LogP) is 4.06. The number of benzene rings is 2. The lowest BCUT2D eigenvalue weighted by atomic mass is 10.2. The number of para-hydroxylation sites is 1. The van der Waals surface area contributed by atoms with E-state index in [0.717, 1.165) is 22.0 Å². The van der Waals surface area contributed by atoms with Crippen LogP contribution < -0.4 is 5.32 Å². The minimum Gasteiger partial charge on any atom is -0.350 e. The summed E-state index contributed by atoms with van der Waals surface area (Å²) in [5, 5.41) is 4.58. The number of rotatable bonds is 3. The molecule has 0 atom stereocenters. The summed E-state index contributed by atoms with van der Waals surface area (Å²) in [4.78, 5) is 15.4. The molecule has 0 fully saturated rings. The Kier molecular flexibility index (Phi) is 3.67. The number of H-pyrrole nitrogens is 1. The topological polar surface area (TPSA) is 44.9 Å². The van der Waals surface area contributed by atoms with Gasteiger partial charge in [-0.05, 0) is 30.2 Å². The third-order valence-corrected chi connectivity index (χ3v) is 3.88. The van der Waals surface area contributed by atoms with Crippen molar-refractivity contribution in [3.63, 3.8) is 0 Å². The summed E-state index contributed by atoms with van der Waals surface area (Å²) in [5.74, 6) is -0.134. The number of aryl methyl sites for hydroxylation is 1. The lowest BCUT2D eigenvalue weighted by molar-refractivity contribution is 0.0947. The molecule has 0 aliphatic rings. The van der Waals surface area contributed by atoms with Gasteiger partial charge in [0, 0.05) is 22.5 Å². The van der Waals surface area contributed by atoms with E-state index in [-0.39, 0.29) is 5.91 Å². The largest absolute Gasteiger partial charge is 0.350 e. The van der Waals surface area contributed by atoms with Crippen LogP contribution in [0.2, 0.25) is 5.02 Å². The first-order valence-corrected chi connectivity index (χ1v) is 7.13. The molecular weight excluding hydrogens is 284 g/mol. The fourth-order valence-electron chi connectivity index (χ4n) is 2.34. The van der Waals surface area contributed by atoms with Crippen LogP contribution in [0.4, 0.5) is 0 Å². The van der Waals surface area contributed by atoms with Gasteiger partial charge in [0.1, 0.15) is 5.69 Å². The van der Waals surface area contributed by atoms with Gasteiger partial charge in [0.05, 0.1) is 0 Å². The average Bonchev–Trinajstić information content (AvgIpc) is 2.92. The van der Waals surface area contributed by atoms with E-state index >= 15 is 0 Å². The first-order valence-electron chi connectivity index (χ1n) is 6.75. The molecule has 0 saturated heterocycles. The van der Waals surface area contributed by atoms with Gasteiger partial charge in [0.25, 0.3) is 5.91 Å². The van der Waals surface area contributed by atoms with Crippen molar-refractivity contribution in [2.24, 2.45) is 0 Å². The fourth-order valence-corrected chi connectivity index (χ4v) is 2.55. The van der Waals surface area contributed by atoms with Crippen LogP contribution in [0.1, 0.15) is 21.6 Å². The van der Waals surface area contributed by atoms with Crippen molar-refractivity contribution in [1.29, 1.82) is 0 Å². The van der Waals surface area contributed by atoms with E-state index in [1.165, 1.54) is 0 Å². The summed E-state index contributed by atoms with van der Waals surface area (Å²) in [6.45, 7) is 2.43. The number of halogens is 1. The Hall–Kier alpha value is -2.26. The summed E-state index contributed by atoms with van der Waals surface area (Å²) in [6.07, 6.45) is 0. The molecule has 4 heteroatoms. The van der Waals surface area contributed by atoms with Gasteiger partial charge in [-0.2, -0.15) is 0 Å². The molecule has 2 N–H and O–H groups in total. The van der Waals surface area contributed by atoms with Crippen LogP contribution in [0.25, 0.3) is 10.9 Å². The van der Waals surface area contributed by atoms with Gasteiger partial charge in [-0.25, -0.2) is 0 Å². The minimum absolute atomic E-state index is 0.134. The maximum atomic E-state index is 12.2. The molecule has 0 bridgehead atoms. The number of amides is 1. The van der Waals surface area contributed by atoms with E-state index in [1.807, 2.05) is 55.5 Å². The molecule has 21 heavy (non-hydrogen) atoms. The second kappa shape index (κ2) is 5.62. The molecule has 1 aromatic heterocycles. The average molecular weight is 299 g/mol. The molecule has 3 aromatic rings. The summed E-state index contributed by atoms with van der Waals surface area (Å²) in [5.41, 5.74) is 3.59. The van der Waals surface area contributed by atoms with E-state index in [1.54, 1.807) is 0 Å². The van der Waals surface area contributed by atoms with Crippen molar-refractivity contribution in [3.05, 3.63) is 70.4 Å². The molecule has 0 aliphatic heterocycles. The second-order valence-electron chi connectivity index (χ2n) is 5.00. The van der Waals surface area contributed by atoms with Crippen LogP contribution in [0, 0.1) is 6.92 Å². The molecular formula is C17H15ClN2O. The van der Waals surface area contributed by atoms with Crippen molar-refractivity contribution in [2.75, 3.05) is 0 Å². The highest BCUT2D eigenvalue weighted by atomic mass is 35.5. The molecule has 0 radical (unpaired) electrons. The van der Waals surface area contributed by atoms with Crippen LogP contribution in [-0.4, -0.2) is 10.9 Å². The molecule has 0 unspecified atom stereocenters. The van der Waals surface area contributed by atoms with Gasteiger partial charge < -0.3 is 10.3 Å². The van der Waals surface area contributed by atoms with Gasteiger partial charge in [-0.3, -0.25) is 4.79 Å². The lowest BCUT2D eigenvalue weighted by Crippen LogP contribution is -2.23. The monoisotopic (exact) mass is 298 g/mol. The summed E-state index contributed by atoms with van der Waals surface area (Å²) in [7, 11) is 0. The minimum atomic E-state index is -0.134. The quantitative estimate of drug-likeness (QED) is 0.752. The molecule has 0 saturated carbocycles. The Morgan fingerprint density at radius 2 is 2.00 bits per heavy atom. The van der Waals surface area contributed by atoms with Crippen LogP contribution in [0.5, 0.6) is 0 Å². The number of aromatic amines is 1. The van der Waals surface area contributed by atoms with Gasteiger partial charge in [0.2, 0.25) is 0 Å². The van der Waals surface area contributed by atoms with E-state index in [0.29, 0.717) is 17.3 Å². The number of nitrogens with one attached hydrogen (secondary N) is 2. The van der Waals surface area contributed by atoms with Crippen LogP contribution in [0.15, 0.2) is 48.5 Å². The van der Waals surface area contributed by atoms with E-state index in [4.69, 9.17) is 11.6 Å². The number of carbonyl (C=O) groups excluding carboxylic acids is 1.